The fourth-order valence-electron chi connectivity index (χ4n) is 1.99. The van der Waals surface area contributed by atoms with Crippen LogP contribution in [0.5, 0.6) is 0 Å². The summed E-state index contributed by atoms with van der Waals surface area (Å²) in [6.07, 6.45) is 8.13. The predicted molar refractivity (Wildman–Crippen MR) is 65.5 cm³/mol. The quantitative estimate of drug-likeness (QED) is 0.739. The number of nitrogens with one attached hydrogen (secondary N) is 1. The zero-order chi connectivity index (χ0) is 10.5. The zero-order valence-electron chi connectivity index (χ0n) is 8.95. The average molecular weight is 202 g/mol. The highest BCUT2D eigenvalue weighted by Gasteiger charge is 2.11. The normalized spacial score (nSPS) is 21.2. The van der Waals surface area contributed by atoms with Crippen molar-refractivity contribution in [1.29, 1.82) is 0 Å². The van der Waals surface area contributed by atoms with Crippen molar-refractivity contribution in [3.05, 3.63) is 35.9 Å². The van der Waals surface area contributed by atoms with Gasteiger partial charge in [0, 0.05) is 11.7 Å². The van der Waals surface area contributed by atoms with Gasteiger partial charge in [0.25, 0.3) is 0 Å². The molecule has 15 heavy (non-hydrogen) atoms. The third-order valence-electron chi connectivity index (χ3n) is 2.80. The lowest BCUT2D eigenvalue weighted by Gasteiger charge is -2.05. The predicted octanol–water partition coefficient (Wildman–Crippen LogP) is 2.42. The van der Waals surface area contributed by atoms with Crippen LogP contribution in [0.2, 0.25) is 0 Å². The van der Waals surface area contributed by atoms with E-state index < -0.39 is 0 Å². The molecule has 0 bridgehead atoms. The minimum absolute atomic E-state index is 0.683. The Morgan fingerprint density at radius 1 is 1.47 bits per heavy atom. The van der Waals surface area contributed by atoms with Gasteiger partial charge in [-0.2, -0.15) is 0 Å². The summed E-state index contributed by atoms with van der Waals surface area (Å²) in [5.41, 5.74) is 7.72. The number of nitrogens with two attached hydrogens (primary N) is 1. The van der Waals surface area contributed by atoms with E-state index in [0.29, 0.717) is 6.04 Å². The van der Waals surface area contributed by atoms with E-state index in [4.69, 9.17) is 5.73 Å². The molecule has 0 aliphatic carbocycles. The molecule has 0 amide bonds. The molecule has 2 heteroatoms. The van der Waals surface area contributed by atoms with E-state index in [1.54, 1.807) is 0 Å². The van der Waals surface area contributed by atoms with Crippen LogP contribution in [0.15, 0.2) is 30.3 Å². The molecular formula is C13H18N2. The van der Waals surface area contributed by atoms with Crippen LogP contribution in [0.4, 0.5) is 5.69 Å². The highest BCUT2D eigenvalue weighted by molar-refractivity contribution is 5.55. The van der Waals surface area contributed by atoms with Crippen LogP contribution in [-0.2, 0) is 0 Å². The molecule has 0 saturated carbocycles. The van der Waals surface area contributed by atoms with E-state index in [0.717, 1.165) is 12.1 Å². The van der Waals surface area contributed by atoms with Gasteiger partial charge in [0.2, 0.25) is 0 Å². The summed E-state index contributed by atoms with van der Waals surface area (Å²) in [6.45, 7) is 1.18. The first kappa shape index (κ1) is 10.2. The summed E-state index contributed by atoms with van der Waals surface area (Å²) in [5.74, 6) is 0. The first-order valence-electron chi connectivity index (χ1n) is 5.60. The summed E-state index contributed by atoms with van der Waals surface area (Å²) >= 11 is 0. The van der Waals surface area contributed by atoms with E-state index in [-0.39, 0.29) is 0 Å². The summed E-state index contributed by atoms with van der Waals surface area (Å²) in [5, 5.41) is 3.48. The highest BCUT2D eigenvalue weighted by atomic mass is 14.9. The Kier molecular flexibility index (Phi) is 3.41. The lowest BCUT2D eigenvalue weighted by atomic mass is 10.1. The number of benzene rings is 1. The van der Waals surface area contributed by atoms with Gasteiger partial charge in [0.1, 0.15) is 0 Å². The second kappa shape index (κ2) is 4.99. The molecular weight excluding hydrogens is 184 g/mol. The van der Waals surface area contributed by atoms with Gasteiger partial charge < -0.3 is 11.1 Å². The fraction of sp³-hybridized carbons (Fsp3) is 0.385. The van der Waals surface area contributed by atoms with Crippen LogP contribution in [0.1, 0.15) is 24.8 Å². The molecule has 80 valence electrons. The van der Waals surface area contributed by atoms with E-state index in [9.17, 15) is 0 Å². The number of nitrogen functional groups attached to an aromatic ring is 1. The van der Waals surface area contributed by atoms with Crippen molar-refractivity contribution >= 4 is 11.8 Å². The molecule has 1 fully saturated rings. The Hall–Kier alpha value is -1.28. The Balaban J connectivity index is 1.87. The minimum atomic E-state index is 0.683. The maximum Gasteiger partial charge on any atom is 0.0319 e. The largest absolute Gasteiger partial charge is 0.399 e. The van der Waals surface area contributed by atoms with Gasteiger partial charge in [0.05, 0.1) is 0 Å². The Labute approximate surface area is 91.2 Å². The van der Waals surface area contributed by atoms with Crippen LogP contribution in [-0.4, -0.2) is 12.6 Å². The third kappa shape index (κ3) is 3.10. The maximum atomic E-state index is 5.71. The van der Waals surface area contributed by atoms with Crippen LogP contribution < -0.4 is 11.1 Å². The third-order valence-corrected chi connectivity index (χ3v) is 2.80. The molecule has 1 aromatic carbocycles. The highest BCUT2D eigenvalue weighted by Crippen LogP contribution is 2.12. The molecule has 1 saturated heterocycles. The van der Waals surface area contributed by atoms with E-state index in [1.807, 2.05) is 18.2 Å². The van der Waals surface area contributed by atoms with Crippen LogP contribution in [0, 0.1) is 0 Å². The maximum absolute atomic E-state index is 5.71. The minimum Gasteiger partial charge on any atom is -0.399 e. The standard InChI is InChI=1S/C13H18N2/c14-12-6-1-4-11(10-12)5-2-7-13-8-3-9-15-13/h1-2,4-6,10,13,15H,3,7-9,14H2. The average Bonchev–Trinajstić information content (AvgIpc) is 2.71. The van der Waals surface area contributed by atoms with Gasteiger partial charge in [-0.25, -0.2) is 0 Å². The zero-order valence-corrected chi connectivity index (χ0v) is 8.95. The van der Waals surface area contributed by atoms with Crippen molar-refractivity contribution in [1.82, 2.24) is 5.32 Å². The molecule has 0 spiro atoms. The SMILES string of the molecule is Nc1cccc(C=CCC2CCCN2)c1. The van der Waals surface area contributed by atoms with Gasteiger partial charge in [-0.1, -0.05) is 24.3 Å². The molecule has 1 heterocycles. The van der Waals surface area contributed by atoms with Crippen LogP contribution >= 0.6 is 0 Å². The summed E-state index contributed by atoms with van der Waals surface area (Å²) in [4.78, 5) is 0. The van der Waals surface area contributed by atoms with Crippen LogP contribution in [0.3, 0.4) is 0 Å². The monoisotopic (exact) mass is 202 g/mol. The molecule has 2 nitrogen and oxygen atoms in total. The summed E-state index contributed by atoms with van der Waals surface area (Å²) in [6, 6.07) is 8.66. The molecule has 0 aromatic heterocycles. The Morgan fingerprint density at radius 2 is 2.40 bits per heavy atom. The first-order valence-corrected chi connectivity index (χ1v) is 5.60. The van der Waals surface area contributed by atoms with Gasteiger partial charge in [-0.15, -0.1) is 0 Å². The topological polar surface area (TPSA) is 38.0 Å². The molecule has 1 aliphatic heterocycles. The van der Waals surface area contributed by atoms with Gasteiger partial charge in [0.15, 0.2) is 0 Å². The number of anilines is 1. The second-order valence-electron chi connectivity index (χ2n) is 4.10. The van der Waals surface area contributed by atoms with Crippen molar-refractivity contribution in [2.45, 2.75) is 25.3 Å². The number of hydrogen-bond donors (Lipinski definition) is 2. The smallest absolute Gasteiger partial charge is 0.0319 e. The molecule has 3 N–H and O–H groups in total. The lowest BCUT2D eigenvalue weighted by Crippen LogP contribution is -2.19. The number of rotatable bonds is 3. The first-order chi connectivity index (χ1) is 7.34. The summed E-state index contributed by atoms with van der Waals surface area (Å²) in [7, 11) is 0. The molecule has 1 unspecified atom stereocenters. The Bertz CT molecular complexity index is 338. The Morgan fingerprint density at radius 3 is 3.13 bits per heavy atom. The van der Waals surface area contributed by atoms with Crippen molar-refractivity contribution < 1.29 is 0 Å². The van der Waals surface area contributed by atoms with Gasteiger partial charge >= 0.3 is 0 Å². The van der Waals surface area contributed by atoms with Crippen molar-refractivity contribution in [2.24, 2.45) is 0 Å². The van der Waals surface area contributed by atoms with Crippen molar-refractivity contribution in [3.8, 4) is 0 Å². The molecule has 1 atom stereocenters. The lowest BCUT2D eigenvalue weighted by molar-refractivity contribution is 0.615. The van der Waals surface area contributed by atoms with Gasteiger partial charge in [-0.3, -0.25) is 0 Å². The van der Waals surface area contributed by atoms with E-state index in [2.05, 4.69) is 23.5 Å². The molecule has 2 rings (SSSR count). The van der Waals surface area contributed by atoms with Crippen molar-refractivity contribution in [3.63, 3.8) is 0 Å². The van der Waals surface area contributed by atoms with Crippen molar-refractivity contribution in [2.75, 3.05) is 12.3 Å². The molecule has 0 radical (unpaired) electrons. The van der Waals surface area contributed by atoms with Crippen LogP contribution in [0.25, 0.3) is 6.08 Å². The fourth-order valence-corrected chi connectivity index (χ4v) is 1.99. The van der Waals surface area contributed by atoms with E-state index in [1.165, 1.54) is 24.9 Å². The number of hydrogen-bond acceptors (Lipinski definition) is 2. The molecule has 1 aliphatic rings. The van der Waals surface area contributed by atoms with Gasteiger partial charge in [-0.05, 0) is 43.5 Å². The van der Waals surface area contributed by atoms with E-state index >= 15 is 0 Å². The second-order valence-corrected chi connectivity index (χ2v) is 4.10. The summed E-state index contributed by atoms with van der Waals surface area (Å²) < 4.78 is 0. The molecule has 1 aromatic rings.